The minimum absolute atomic E-state index is 0.000556. The van der Waals surface area contributed by atoms with Gasteiger partial charge in [-0.2, -0.15) is 0 Å². The van der Waals surface area contributed by atoms with Crippen molar-refractivity contribution in [1.29, 1.82) is 0 Å². The first-order valence-electron chi connectivity index (χ1n) is 6.46. The Balaban J connectivity index is 2.02. The van der Waals surface area contributed by atoms with Gasteiger partial charge in [0.2, 0.25) is 0 Å². The van der Waals surface area contributed by atoms with E-state index in [0.717, 1.165) is 22.2 Å². The smallest absolute Gasteiger partial charge is 0.252 e. The summed E-state index contributed by atoms with van der Waals surface area (Å²) in [6.45, 7) is 0. The van der Waals surface area contributed by atoms with Crippen LogP contribution in [0.25, 0.3) is 0 Å². The summed E-state index contributed by atoms with van der Waals surface area (Å²) in [5.74, 6) is -0.000556. The molecule has 1 aromatic carbocycles. The highest BCUT2D eigenvalue weighted by Crippen LogP contribution is 2.21. The Morgan fingerprint density at radius 3 is 2.50 bits per heavy atom. The Morgan fingerprint density at radius 1 is 1.22 bits per heavy atom. The fraction of sp³-hybridized carbons (Fsp3) is 0.500. The first kappa shape index (κ1) is 13.9. The molecule has 1 aliphatic rings. The number of hydrogen-bond acceptors (Lipinski definition) is 2. The van der Waals surface area contributed by atoms with E-state index in [-0.39, 0.29) is 5.91 Å². The lowest BCUT2D eigenvalue weighted by Gasteiger charge is -2.16. The first-order valence-corrected chi connectivity index (χ1v) is 7.70. The standard InChI is InChI=1S/C14H18BrNOS/c15-10-7-8-12(13(18)9-10)14(17)16-11-5-3-1-2-4-6-11/h7-9,11,18H,1-6H2,(H,16,17). The summed E-state index contributed by atoms with van der Waals surface area (Å²) in [5.41, 5.74) is 0.658. The Labute approximate surface area is 122 Å². The lowest BCUT2D eigenvalue weighted by molar-refractivity contribution is 0.0930. The van der Waals surface area contributed by atoms with Gasteiger partial charge >= 0.3 is 0 Å². The zero-order chi connectivity index (χ0) is 13.0. The summed E-state index contributed by atoms with van der Waals surface area (Å²) in [7, 11) is 0. The highest BCUT2D eigenvalue weighted by molar-refractivity contribution is 9.10. The third-order valence-corrected chi connectivity index (χ3v) is 4.26. The summed E-state index contributed by atoms with van der Waals surface area (Å²) in [6.07, 6.45) is 7.23. The van der Waals surface area contributed by atoms with Gasteiger partial charge in [0, 0.05) is 15.4 Å². The van der Waals surface area contributed by atoms with Gasteiger partial charge in [0.1, 0.15) is 0 Å². The molecule has 18 heavy (non-hydrogen) atoms. The molecule has 0 heterocycles. The topological polar surface area (TPSA) is 29.1 Å². The van der Waals surface area contributed by atoms with Crippen LogP contribution >= 0.6 is 28.6 Å². The van der Waals surface area contributed by atoms with Gasteiger partial charge in [0.05, 0.1) is 5.56 Å². The monoisotopic (exact) mass is 327 g/mol. The maximum atomic E-state index is 12.2. The fourth-order valence-corrected chi connectivity index (χ4v) is 3.24. The van der Waals surface area contributed by atoms with Gasteiger partial charge in [-0.3, -0.25) is 4.79 Å². The van der Waals surface area contributed by atoms with Gasteiger partial charge in [-0.25, -0.2) is 0 Å². The summed E-state index contributed by atoms with van der Waals surface area (Å²) in [4.78, 5) is 12.9. The van der Waals surface area contributed by atoms with Gasteiger partial charge in [-0.15, -0.1) is 12.6 Å². The molecule has 2 rings (SSSR count). The number of carbonyl (C=O) groups is 1. The second-order valence-electron chi connectivity index (χ2n) is 4.82. The average Bonchev–Trinajstić information content (AvgIpc) is 2.57. The van der Waals surface area contributed by atoms with Crippen molar-refractivity contribution in [3.05, 3.63) is 28.2 Å². The molecule has 4 heteroatoms. The molecule has 0 saturated heterocycles. The van der Waals surface area contributed by atoms with Crippen LogP contribution in [0.5, 0.6) is 0 Å². The zero-order valence-electron chi connectivity index (χ0n) is 10.3. The van der Waals surface area contributed by atoms with E-state index < -0.39 is 0 Å². The Bertz CT molecular complexity index is 428. The van der Waals surface area contributed by atoms with Crippen LogP contribution in [0.15, 0.2) is 27.6 Å². The number of hydrogen-bond donors (Lipinski definition) is 2. The Kier molecular flexibility index (Phi) is 5.13. The van der Waals surface area contributed by atoms with Gasteiger partial charge in [-0.05, 0) is 31.0 Å². The van der Waals surface area contributed by atoms with Gasteiger partial charge in [0.25, 0.3) is 5.91 Å². The molecular weight excluding hydrogens is 310 g/mol. The van der Waals surface area contributed by atoms with Crippen LogP contribution < -0.4 is 5.32 Å². The maximum absolute atomic E-state index is 12.2. The van der Waals surface area contributed by atoms with E-state index in [2.05, 4.69) is 33.9 Å². The number of benzene rings is 1. The quantitative estimate of drug-likeness (QED) is 0.619. The van der Waals surface area contributed by atoms with Crippen LogP contribution in [0.3, 0.4) is 0 Å². The predicted octanol–water partition coefficient (Wildman–Crippen LogP) is 4.19. The van der Waals surface area contributed by atoms with Crippen molar-refractivity contribution in [3.8, 4) is 0 Å². The van der Waals surface area contributed by atoms with E-state index >= 15 is 0 Å². The predicted molar refractivity (Wildman–Crippen MR) is 80.4 cm³/mol. The summed E-state index contributed by atoms with van der Waals surface area (Å²) in [6, 6.07) is 5.88. The molecule has 0 unspecified atom stereocenters. The minimum Gasteiger partial charge on any atom is -0.349 e. The minimum atomic E-state index is -0.000556. The van der Waals surface area contributed by atoms with Crippen LogP contribution in [-0.2, 0) is 0 Å². The third kappa shape index (κ3) is 3.75. The SMILES string of the molecule is O=C(NC1CCCCCC1)c1ccc(Br)cc1S. The lowest BCUT2D eigenvalue weighted by Crippen LogP contribution is -2.34. The Hall–Kier alpha value is -0.480. The molecule has 1 N–H and O–H groups in total. The molecule has 0 spiro atoms. The Morgan fingerprint density at radius 2 is 1.89 bits per heavy atom. The fourth-order valence-electron chi connectivity index (χ4n) is 2.38. The molecule has 1 saturated carbocycles. The summed E-state index contributed by atoms with van der Waals surface area (Å²) in [5, 5.41) is 3.13. The number of thiol groups is 1. The maximum Gasteiger partial charge on any atom is 0.252 e. The second-order valence-corrected chi connectivity index (χ2v) is 6.22. The van der Waals surface area contributed by atoms with Gasteiger partial charge in [0.15, 0.2) is 0 Å². The summed E-state index contributed by atoms with van der Waals surface area (Å²) < 4.78 is 0.943. The van der Waals surface area contributed by atoms with Crippen molar-refractivity contribution >= 4 is 34.5 Å². The third-order valence-electron chi connectivity index (χ3n) is 3.39. The molecule has 0 bridgehead atoms. The first-order chi connectivity index (χ1) is 8.66. The zero-order valence-corrected chi connectivity index (χ0v) is 12.8. The number of amides is 1. The molecule has 0 aromatic heterocycles. The van der Waals surface area contributed by atoms with Crippen LogP contribution in [0.2, 0.25) is 0 Å². The molecule has 0 atom stereocenters. The van der Waals surface area contributed by atoms with E-state index in [4.69, 9.17) is 0 Å². The van der Waals surface area contributed by atoms with Crippen molar-refractivity contribution in [1.82, 2.24) is 5.32 Å². The lowest BCUT2D eigenvalue weighted by atomic mass is 10.1. The molecule has 1 fully saturated rings. The van der Waals surface area contributed by atoms with Crippen molar-refractivity contribution in [2.24, 2.45) is 0 Å². The molecular formula is C14H18BrNOS. The van der Waals surface area contributed by atoms with Crippen molar-refractivity contribution in [2.75, 3.05) is 0 Å². The number of halogens is 1. The largest absolute Gasteiger partial charge is 0.349 e. The van der Waals surface area contributed by atoms with Crippen LogP contribution in [0.1, 0.15) is 48.9 Å². The number of nitrogens with one attached hydrogen (secondary N) is 1. The van der Waals surface area contributed by atoms with Crippen molar-refractivity contribution in [3.63, 3.8) is 0 Å². The molecule has 0 radical (unpaired) electrons. The van der Waals surface area contributed by atoms with E-state index in [9.17, 15) is 4.79 Å². The van der Waals surface area contributed by atoms with Crippen LogP contribution in [0, 0.1) is 0 Å². The van der Waals surface area contributed by atoms with E-state index in [0.29, 0.717) is 11.6 Å². The van der Waals surface area contributed by atoms with Gasteiger partial charge < -0.3 is 5.32 Å². The average molecular weight is 328 g/mol. The van der Waals surface area contributed by atoms with Gasteiger partial charge in [-0.1, -0.05) is 41.6 Å². The van der Waals surface area contributed by atoms with E-state index in [1.165, 1.54) is 25.7 Å². The number of rotatable bonds is 2. The van der Waals surface area contributed by atoms with E-state index in [1.54, 1.807) is 0 Å². The molecule has 2 nitrogen and oxygen atoms in total. The molecule has 1 aliphatic carbocycles. The highest BCUT2D eigenvalue weighted by atomic mass is 79.9. The van der Waals surface area contributed by atoms with Crippen LogP contribution in [-0.4, -0.2) is 11.9 Å². The second kappa shape index (κ2) is 6.62. The highest BCUT2D eigenvalue weighted by Gasteiger charge is 2.17. The number of carbonyl (C=O) groups excluding carboxylic acids is 1. The normalized spacial score (nSPS) is 17.2. The molecule has 0 aliphatic heterocycles. The molecule has 1 aromatic rings. The van der Waals surface area contributed by atoms with E-state index in [1.807, 2.05) is 18.2 Å². The molecule has 1 amide bonds. The molecule has 98 valence electrons. The van der Waals surface area contributed by atoms with Crippen LogP contribution in [0.4, 0.5) is 0 Å². The van der Waals surface area contributed by atoms with Crippen molar-refractivity contribution < 1.29 is 4.79 Å². The summed E-state index contributed by atoms with van der Waals surface area (Å²) >= 11 is 7.73. The van der Waals surface area contributed by atoms with Crippen molar-refractivity contribution in [2.45, 2.75) is 49.5 Å².